The first kappa shape index (κ1) is 34.0. The van der Waals surface area contributed by atoms with Crippen molar-refractivity contribution >= 4 is 64.9 Å². The summed E-state index contributed by atoms with van der Waals surface area (Å²) in [7, 11) is 0. The highest BCUT2D eigenvalue weighted by atomic mass is 14.9. The van der Waals surface area contributed by atoms with E-state index in [0.29, 0.717) is 5.82 Å². The SMILES string of the molecule is c1ccc(-c2nc(-c3ccc(-c4ccc5ccc6cccnc6c5n4)cc3)cc(-c3ccc(-c4cc5c6ccccc6c6ccccc6c5c5ccccc45)cc3)n2)cc1. The Hall–Kier alpha value is -8.08. The van der Waals surface area contributed by atoms with E-state index in [0.717, 1.165) is 66.7 Å². The fourth-order valence-corrected chi connectivity index (χ4v) is 8.98. The van der Waals surface area contributed by atoms with E-state index < -0.39 is 0 Å². The predicted molar refractivity (Wildman–Crippen MR) is 250 cm³/mol. The Kier molecular flexibility index (Phi) is 7.82. The molecule has 0 spiro atoms. The molecule has 0 aliphatic carbocycles. The molecule has 0 atom stereocenters. The predicted octanol–water partition coefficient (Wildman–Crippen LogP) is 14.5. The quantitative estimate of drug-likeness (QED) is 0.164. The Morgan fingerprint density at radius 3 is 1.45 bits per heavy atom. The van der Waals surface area contributed by atoms with Crippen molar-refractivity contribution in [3.63, 3.8) is 0 Å². The fourth-order valence-electron chi connectivity index (χ4n) is 8.98. The molecule has 9 aromatic carbocycles. The van der Waals surface area contributed by atoms with Gasteiger partial charge in [-0.1, -0.05) is 176 Å². The average Bonchev–Trinajstić information content (AvgIpc) is 3.33. The first-order valence-corrected chi connectivity index (χ1v) is 20.3. The number of aromatic nitrogens is 4. The van der Waals surface area contributed by atoms with E-state index in [4.69, 9.17) is 15.0 Å². The molecule has 4 heteroatoms. The third-order valence-corrected chi connectivity index (χ3v) is 11.9. The van der Waals surface area contributed by atoms with Crippen LogP contribution in [0.2, 0.25) is 0 Å². The van der Waals surface area contributed by atoms with E-state index in [9.17, 15) is 0 Å². The lowest BCUT2D eigenvalue weighted by molar-refractivity contribution is 1.18. The Morgan fingerprint density at radius 1 is 0.283 bits per heavy atom. The summed E-state index contributed by atoms with van der Waals surface area (Å²) in [5, 5.41) is 12.3. The lowest BCUT2D eigenvalue weighted by Crippen LogP contribution is -1.96. The van der Waals surface area contributed by atoms with Crippen molar-refractivity contribution in [2.75, 3.05) is 0 Å². The zero-order valence-electron chi connectivity index (χ0n) is 32.4. The minimum Gasteiger partial charge on any atom is -0.254 e. The molecule has 278 valence electrons. The second kappa shape index (κ2) is 13.8. The largest absolute Gasteiger partial charge is 0.254 e. The molecule has 0 aliphatic heterocycles. The van der Waals surface area contributed by atoms with Gasteiger partial charge in [0.25, 0.3) is 0 Å². The van der Waals surface area contributed by atoms with Crippen molar-refractivity contribution in [1.29, 1.82) is 0 Å². The zero-order valence-corrected chi connectivity index (χ0v) is 32.4. The highest BCUT2D eigenvalue weighted by Crippen LogP contribution is 2.43. The number of hydrogen-bond acceptors (Lipinski definition) is 4. The van der Waals surface area contributed by atoms with Gasteiger partial charge in [0, 0.05) is 39.2 Å². The lowest BCUT2D eigenvalue weighted by Gasteiger charge is -2.16. The van der Waals surface area contributed by atoms with Crippen LogP contribution in [0.3, 0.4) is 0 Å². The molecule has 0 amide bonds. The normalized spacial score (nSPS) is 11.7. The van der Waals surface area contributed by atoms with Gasteiger partial charge in [0.1, 0.15) is 0 Å². The molecule has 0 unspecified atom stereocenters. The molecule has 0 saturated heterocycles. The molecule has 0 saturated carbocycles. The highest BCUT2D eigenvalue weighted by molar-refractivity contribution is 6.33. The summed E-state index contributed by atoms with van der Waals surface area (Å²) in [6.45, 7) is 0. The molecule has 12 rings (SSSR count). The average molecular weight is 763 g/mol. The van der Waals surface area contributed by atoms with Crippen molar-refractivity contribution in [1.82, 2.24) is 19.9 Å². The summed E-state index contributed by atoms with van der Waals surface area (Å²) in [4.78, 5) is 20.0. The molecule has 0 bridgehead atoms. The van der Waals surface area contributed by atoms with Crippen LogP contribution in [-0.4, -0.2) is 19.9 Å². The highest BCUT2D eigenvalue weighted by Gasteiger charge is 2.16. The summed E-state index contributed by atoms with van der Waals surface area (Å²) in [5.41, 5.74) is 10.9. The summed E-state index contributed by atoms with van der Waals surface area (Å²) >= 11 is 0. The molecule has 0 aliphatic rings. The van der Waals surface area contributed by atoms with E-state index in [1.165, 1.54) is 48.7 Å². The van der Waals surface area contributed by atoms with Crippen molar-refractivity contribution in [2.24, 2.45) is 0 Å². The standard InChI is InChI=1S/C56H34N4/c1-2-11-41(12-3-1)56-59-51(34-52(60-56)38-26-24-36(25-27-38)50-31-30-40-29-28-39-13-10-32-57-54(39)55(40)58-50)37-22-20-35(21-23-37)48-33-49-44-16-5-4-14-42(44)43-15-6-8-18-46(43)53(49)47-19-9-7-17-45(47)48/h1-34H. The van der Waals surface area contributed by atoms with Crippen LogP contribution in [0.4, 0.5) is 0 Å². The van der Waals surface area contributed by atoms with E-state index in [1.807, 2.05) is 30.5 Å². The van der Waals surface area contributed by atoms with E-state index in [2.05, 4.69) is 181 Å². The summed E-state index contributed by atoms with van der Waals surface area (Å²) < 4.78 is 0. The number of pyridine rings is 2. The van der Waals surface area contributed by atoms with Gasteiger partial charge in [0.15, 0.2) is 5.82 Å². The molecule has 4 nitrogen and oxygen atoms in total. The zero-order chi connectivity index (χ0) is 39.6. The molecule has 0 N–H and O–H groups in total. The maximum absolute atomic E-state index is 5.15. The molecular weight excluding hydrogens is 729 g/mol. The number of nitrogens with zero attached hydrogens (tertiary/aromatic N) is 4. The number of benzene rings is 9. The van der Waals surface area contributed by atoms with Gasteiger partial charge in [-0.15, -0.1) is 0 Å². The van der Waals surface area contributed by atoms with Crippen LogP contribution in [0.5, 0.6) is 0 Å². The molecule has 60 heavy (non-hydrogen) atoms. The van der Waals surface area contributed by atoms with Crippen molar-refractivity contribution in [3.8, 4) is 56.3 Å². The van der Waals surface area contributed by atoms with Crippen molar-refractivity contribution in [2.45, 2.75) is 0 Å². The lowest BCUT2D eigenvalue weighted by atomic mass is 9.87. The fraction of sp³-hybridized carbons (Fsp3) is 0. The summed E-state index contributed by atoms with van der Waals surface area (Å²) in [6.07, 6.45) is 1.83. The van der Waals surface area contributed by atoms with E-state index >= 15 is 0 Å². The van der Waals surface area contributed by atoms with Gasteiger partial charge < -0.3 is 0 Å². The van der Waals surface area contributed by atoms with Crippen LogP contribution in [0.1, 0.15) is 0 Å². The number of fused-ring (bicyclic) bond motifs is 11. The second-order valence-electron chi connectivity index (χ2n) is 15.4. The maximum atomic E-state index is 5.15. The molecule has 3 aromatic heterocycles. The van der Waals surface area contributed by atoms with Crippen LogP contribution in [0.15, 0.2) is 206 Å². The van der Waals surface area contributed by atoms with Crippen LogP contribution in [0, 0.1) is 0 Å². The third kappa shape index (κ3) is 5.61. The molecule has 0 radical (unpaired) electrons. The minimum atomic E-state index is 0.687. The van der Waals surface area contributed by atoms with Gasteiger partial charge in [0.2, 0.25) is 0 Å². The van der Waals surface area contributed by atoms with Gasteiger partial charge in [-0.05, 0) is 78.5 Å². The third-order valence-electron chi connectivity index (χ3n) is 11.9. The Morgan fingerprint density at radius 2 is 0.783 bits per heavy atom. The van der Waals surface area contributed by atoms with E-state index in [1.54, 1.807) is 0 Å². The Labute approximate surface area is 346 Å². The topological polar surface area (TPSA) is 51.6 Å². The molecular formula is C56H34N4. The van der Waals surface area contributed by atoms with Crippen LogP contribution < -0.4 is 0 Å². The van der Waals surface area contributed by atoms with Crippen LogP contribution in [-0.2, 0) is 0 Å². The number of hydrogen-bond donors (Lipinski definition) is 0. The van der Waals surface area contributed by atoms with Crippen LogP contribution in [0.25, 0.3) is 121 Å². The van der Waals surface area contributed by atoms with Gasteiger partial charge in [-0.3, -0.25) is 4.98 Å². The van der Waals surface area contributed by atoms with Gasteiger partial charge in [0.05, 0.1) is 28.1 Å². The van der Waals surface area contributed by atoms with Crippen molar-refractivity contribution in [3.05, 3.63) is 206 Å². The van der Waals surface area contributed by atoms with Crippen LogP contribution >= 0.6 is 0 Å². The maximum Gasteiger partial charge on any atom is 0.160 e. The Balaban J connectivity index is 0.954. The minimum absolute atomic E-state index is 0.687. The first-order valence-electron chi connectivity index (χ1n) is 20.3. The summed E-state index contributed by atoms with van der Waals surface area (Å²) in [5.74, 6) is 0.687. The van der Waals surface area contributed by atoms with Gasteiger partial charge in [-0.25, -0.2) is 15.0 Å². The van der Waals surface area contributed by atoms with Crippen molar-refractivity contribution < 1.29 is 0 Å². The Bertz CT molecular complexity index is 3630. The first-order chi connectivity index (χ1) is 29.7. The smallest absolute Gasteiger partial charge is 0.160 e. The van der Waals surface area contributed by atoms with E-state index in [-0.39, 0.29) is 0 Å². The van der Waals surface area contributed by atoms with Gasteiger partial charge in [-0.2, -0.15) is 0 Å². The second-order valence-corrected chi connectivity index (χ2v) is 15.4. The monoisotopic (exact) mass is 762 g/mol. The number of rotatable bonds is 5. The molecule has 12 aromatic rings. The summed E-state index contributed by atoms with van der Waals surface area (Å²) in [6, 6.07) is 71.0. The molecule has 3 heterocycles. The van der Waals surface area contributed by atoms with Gasteiger partial charge >= 0.3 is 0 Å². The molecule has 0 fully saturated rings.